The van der Waals surface area contributed by atoms with E-state index < -0.39 is 0 Å². The van der Waals surface area contributed by atoms with E-state index >= 15 is 0 Å². The zero-order chi connectivity index (χ0) is 13.1. The van der Waals surface area contributed by atoms with Gasteiger partial charge in [0.25, 0.3) is 0 Å². The van der Waals surface area contributed by atoms with Crippen molar-refractivity contribution in [2.24, 2.45) is 0 Å². The summed E-state index contributed by atoms with van der Waals surface area (Å²) in [6.45, 7) is 1.99. The first-order valence-electron chi connectivity index (χ1n) is 6.18. The molecule has 20 heavy (non-hydrogen) atoms. The number of nitrogens with zero attached hydrogens (tertiary/aromatic N) is 2. The maximum atomic E-state index is 4.33. The summed E-state index contributed by atoms with van der Waals surface area (Å²) in [7, 11) is 0. The number of hydrogen-bond donors (Lipinski definition) is 0. The van der Waals surface area contributed by atoms with Crippen LogP contribution in [0.4, 0.5) is 0 Å². The van der Waals surface area contributed by atoms with Crippen molar-refractivity contribution in [2.45, 2.75) is 6.92 Å². The van der Waals surface area contributed by atoms with Crippen LogP contribution in [0.5, 0.6) is 0 Å². The van der Waals surface area contributed by atoms with Gasteiger partial charge in [-0.1, -0.05) is 24.3 Å². The molecule has 3 aromatic rings. The molecular weight excluding hydrogens is 318 g/mol. The fourth-order valence-corrected chi connectivity index (χ4v) is 1.93. The third-order valence-electron chi connectivity index (χ3n) is 2.98. The minimum atomic E-state index is 0. The van der Waals surface area contributed by atoms with Crippen LogP contribution in [0.3, 0.4) is 0 Å². The van der Waals surface area contributed by atoms with Crippen molar-refractivity contribution >= 4 is 0 Å². The van der Waals surface area contributed by atoms with Crippen LogP contribution < -0.4 is 58.2 Å². The van der Waals surface area contributed by atoms with Crippen LogP contribution in [0.25, 0.3) is 22.5 Å². The van der Waals surface area contributed by atoms with Gasteiger partial charge in [-0.05, 0) is 18.1 Å². The minimum absolute atomic E-state index is 0. The average molecular weight is 331 g/mol. The normalized spacial score (nSPS) is 9.85. The SMILES string of the molecule is Cc1cnc(-c2ccc(-c3cc[c-]cc3)cc2)nc1.[Rb+]. The summed E-state index contributed by atoms with van der Waals surface area (Å²) < 4.78 is 0. The van der Waals surface area contributed by atoms with Crippen LogP contribution >= 0.6 is 0 Å². The third-order valence-corrected chi connectivity index (χ3v) is 2.98. The third kappa shape index (κ3) is 3.70. The Balaban J connectivity index is 0.00000147. The van der Waals surface area contributed by atoms with Crippen molar-refractivity contribution in [3.63, 3.8) is 0 Å². The molecule has 0 aliphatic heterocycles. The van der Waals surface area contributed by atoms with E-state index in [4.69, 9.17) is 0 Å². The Morgan fingerprint density at radius 2 is 1.25 bits per heavy atom. The number of rotatable bonds is 2. The first kappa shape index (κ1) is 15.7. The molecule has 0 bridgehead atoms. The predicted octanol–water partition coefficient (Wildman–Crippen LogP) is 0.923. The van der Waals surface area contributed by atoms with E-state index in [0.29, 0.717) is 0 Å². The molecule has 0 radical (unpaired) electrons. The average Bonchev–Trinajstić information content (AvgIpc) is 2.49. The van der Waals surface area contributed by atoms with Crippen LogP contribution in [0.1, 0.15) is 5.56 Å². The summed E-state index contributed by atoms with van der Waals surface area (Å²) in [6, 6.07) is 19.3. The van der Waals surface area contributed by atoms with Crippen LogP contribution in [-0.2, 0) is 0 Å². The number of hydrogen-bond acceptors (Lipinski definition) is 2. The maximum absolute atomic E-state index is 4.33. The predicted molar refractivity (Wildman–Crippen MR) is 76.5 cm³/mol. The maximum Gasteiger partial charge on any atom is 1.00 e. The molecule has 0 N–H and O–H groups in total. The molecule has 0 saturated carbocycles. The van der Waals surface area contributed by atoms with E-state index in [1.54, 1.807) is 0 Å². The van der Waals surface area contributed by atoms with Crippen molar-refractivity contribution in [1.82, 2.24) is 9.97 Å². The molecular formula is C17H13N2Rb. The second kappa shape index (κ2) is 7.37. The van der Waals surface area contributed by atoms with Gasteiger partial charge in [0.15, 0.2) is 5.82 Å². The largest absolute Gasteiger partial charge is 1.00 e. The summed E-state index contributed by atoms with van der Waals surface area (Å²) in [5.74, 6) is 0.763. The van der Waals surface area contributed by atoms with E-state index in [9.17, 15) is 0 Å². The molecule has 0 atom stereocenters. The zero-order valence-electron chi connectivity index (χ0n) is 11.7. The van der Waals surface area contributed by atoms with Gasteiger partial charge in [-0.15, -0.1) is 5.56 Å². The molecule has 2 nitrogen and oxygen atoms in total. The second-order valence-electron chi connectivity index (χ2n) is 4.45. The summed E-state index contributed by atoms with van der Waals surface area (Å²) >= 11 is 0. The summed E-state index contributed by atoms with van der Waals surface area (Å²) in [4.78, 5) is 8.67. The van der Waals surface area contributed by atoms with E-state index in [-0.39, 0.29) is 58.2 Å². The fourth-order valence-electron chi connectivity index (χ4n) is 1.93. The van der Waals surface area contributed by atoms with E-state index in [0.717, 1.165) is 17.0 Å². The van der Waals surface area contributed by atoms with Gasteiger partial charge in [0.05, 0.1) is 0 Å². The first-order valence-corrected chi connectivity index (χ1v) is 6.18. The Kier molecular flexibility index (Phi) is 5.79. The monoisotopic (exact) mass is 330 g/mol. The molecule has 0 fully saturated rings. The summed E-state index contributed by atoms with van der Waals surface area (Å²) in [5, 5.41) is 0. The molecule has 92 valence electrons. The smallest absolute Gasteiger partial charge is 0.236 e. The van der Waals surface area contributed by atoms with Crippen LogP contribution in [0.2, 0.25) is 0 Å². The van der Waals surface area contributed by atoms with Crippen LogP contribution in [0, 0.1) is 13.0 Å². The Bertz CT molecular complexity index is 662. The molecule has 0 spiro atoms. The number of aryl methyl sites for hydroxylation is 1. The summed E-state index contributed by atoms with van der Waals surface area (Å²) in [6.07, 6.45) is 3.67. The first-order chi connectivity index (χ1) is 9.33. The van der Waals surface area contributed by atoms with Gasteiger partial charge in [0.1, 0.15) is 0 Å². The van der Waals surface area contributed by atoms with Gasteiger partial charge >= 0.3 is 58.2 Å². The Labute approximate surface area is 168 Å². The standard InChI is InChI=1S/C17H13N2.Rb/c1-13-11-18-17(19-12-13)16-9-7-15(8-10-16)14-5-3-2-4-6-14;/h3-12H,1H3;/q-1;+1. The second-order valence-corrected chi connectivity index (χ2v) is 4.45. The Morgan fingerprint density at radius 1 is 0.750 bits per heavy atom. The van der Waals surface area contributed by atoms with Crippen molar-refractivity contribution in [1.29, 1.82) is 0 Å². The van der Waals surface area contributed by atoms with Gasteiger partial charge in [-0.25, -0.2) is 9.97 Å². The van der Waals surface area contributed by atoms with Gasteiger partial charge in [0.2, 0.25) is 0 Å². The molecule has 1 aromatic heterocycles. The molecule has 3 heteroatoms. The molecule has 0 aliphatic rings. The minimum Gasteiger partial charge on any atom is -0.236 e. The molecule has 0 unspecified atom stereocenters. The Morgan fingerprint density at radius 3 is 1.85 bits per heavy atom. The zero-order valence-corrected chi connectivity index (χ0v) is 16.6. The quantitative estimate of drug-likeness (QED) is 0.653. The van der Waals surface area contributed by atoms with Crippen LogP contribution in [0.15, 0.2) is 60.9 Å². The van der Waals surface area contributed by atoms with Crippen molar-refractivity contribution in [3.8, 4) is 22.5 Å². The van der Waals surface area contributed by atoms with Crippen LogP contribution in [-0.4, -0.2) is 9.97 Å². The van der Waals surface area contributed by atoms with Gasteiger partial charge in [-0.3, -0.25) is 0 Å². The van der Waals surface area contributed by atoms with Crippen molar-refractivity contribution in [3.05, 3.63) is 72.6 Å². The molecule has 2 aromatic carbocycles. The van der Waals surface area contributed by atoms with Gasteiger partial charge < -0.3 is 0 Å². The van der Waals surface area contributed by atoms with Crippen molar-refractivity contribution in [2.75, 3.05) is 0 Å². The van der Waals surface area contributed by atoms with Gasteiger partial charge in [0, 0.05) is 18.0 Å². The molecule has 0 saturated heterocycles. The molecule has 0 aliphatic carbocycles. The topological polar surface area (TPSA) is 25.8 Å². The van der Waals surface area contributed by atoms with Crippen molar-refractivity contribution < 1.29 is 58.2 Å². The Hall–Kier alpha value is -0.675. The molecule has 1 heterocycles. The number of aromatic nitrogens is 2. The number of benzene rings is 2. The van der Waals surface area contributed by atoms with E-state index in [1.165, 1.54) is 11.1 Å². The van der Waals surface area contributed by atoms with E-state index in [2.05, 4.69) is 52.4 Å². The molecule has 0 amide bonds. The van der Waals surface area contributed by atoms with Gasteiger partial charge in [-0.2, -0.15) is 30.3 Å². The van der Waals surface area contributed by atoms with E-state index in [1.807, 2.05) is 31.5 Å². The summed E-state index contributed by atoms with van der Waals surface area (Å²) in [5.41, 5.74) is 4.48. The molecule has 3 rings (SSSR count). The fraction of sp³-hybridized carbons (Fsp3) is 0.0588.